The van der Waals surface area contributed by atoms with Crippen molar-refractivity contribution in [3.05, 3.63) is 112 Å². The molecule has 0 radical (unpaired) electrons. The second-order valence-corrected chi connectivity index (χ2v) is 8.72. The van der Waals surface area contributed by atoms with Crippen molar-refractivity contribution < 1.29 is 9.53 Å². The number of anilines is 1. The van der Waals surface area contributed by atoms with Crippen LogP contribution in [0.5, 0.6) is 5.75 Å². The Labute approximate surface area is 200 Å². The molecule has 0 fully saturated rings. The van der Waals surface area contributed by atoms with E-state index in [1.807, 2.05) is 79.7 Å². The van der Waals surface area contributed by atoms with Crippen molar-refractivity contribution in [2.24, 2.45) is 5.10 Å². The standard InChI is InChI=1S/C28H21BrN2O2/c1-19-26(28(32)31(30-19)24-11-3-2-4-12-24)17-22-16-23(29)14-15-27(22)33-18-21-10-7-9-20-8-5-6-13-25(20)21/h2-17H,18H2,1H3/b26-17-. The van der Waals surface area contributed by atoms with E-state index in [0.29, 0.717) is 23.6 Å². The number of hydrogen-bond donors (Lipinski definition) is 0. The van der Waals surface area contributed by atoms with Crippen LogP contribution in [0, 0.1) is 0 Å². The second-order valence-electron chi connectivity index (χ2n) is 7.81. The first-order valence-electron chi connectivity index (χ1n) is 10.7. The molecule has 0 atom stereocenters. The van der Waals surface area contributed by atoms with Crippen molar-refractivity contribution >= 4 is 50.1 Å². The van der Waals surface area contributed by atoms with Crippen molar-refractivity contribution in [3.8, 4) is 5.75 Å². The molecule has 1 aliphatic heterocycles. The summed E-state index contributed by atoms with van der Waals surface area (Å²) in [4.78, 5) is 13.1. The van der Waals surface area contributed by atoms with Crippen LogP contribution in [0.15, 0.2) is 106 Å². The molecule has 162 valence electrons. The third-order valence-electron chi connectivity index (χ3n) is 5.60. The fraction of sp³-hybridized carbons (Fsp3) is 0.0714. The molecular formula is C28H21BrN2O2. The fourth-order valence-electron chi connectivity index (χ4n) is 3.92. The number of halogens is 1. The molecule has 4 nitrogen and oxygen atoms in total. The minimum Gasteiger partial charge on any atom is -0.488 e. The van der Waals surface area contributed by atoms with Crippen LogP contribution in [0.2, 0.25) is 0 Å². The van der Waals surface area contributed by atoms with Gasteiger partial charge in [0.2, 0.25) is 0 Å². The van der Waals surface area contributed by atoms with Crippen LogP contribution in [-0.2, 0) is 11.4 Å². The Balaban J connectivity index is 1.45. The van der Waals surface area contributed by atoms with Crippen LogP contribution in [0.25, 0.3) is 16.8 Å². The number of para-hydroxylation sites is 1. The summed E-state index contributed by atoms with van der Waals surface area (Å²) < 4.78 is 7.16. The lowest BCUT2D eigenvalue weighted by atomic mass is 10.0. The van der Waals surface area contributed by atoms with E-state index in [1.54, 1.807) is 0 Å². The molecule has 0 N–H and O–H groups in total. The molecule has 1 amide bonds. The highest BCUT2D eigenvalue weighted by molar-refractivity contribution is 9.10. The van der Waals surface area contributed by atoms with Gasteiger partial charge >= 0.3 is 0 Å². The van der Waals surface area contributed by atoms with Crippen LogP contribution in [0.1, 0.15) is 18.1 Å². The van der Waals surface area contributed by atoms with Gasteiger partial charge in [0.1, 0.15) is 12.4 Å². The summed E-state index contributed by atoms with van der Waals surface area (Å²) in [5.41, 5.74) is 3.89. The zero-order chi connectivity index (χ0) is 22.8. The molecule has 0 bridgehead atoms. The van der Waals surface area contributed by atoms with E-state index in [1.165, 1.54) is 15.8 Å². The zero-order valence-corrected chi connectivity index (χ0v) is 19.6. The van der Waals surface area contributed by atoms with Gasteiger partial charge in [-0.15, -0.1) is 0 Å². The summed E-state index contributed by atoms with van der Waals surface area (Å²) in [5.74, 6) is 0.552. The summed E-state index contributed by atoms with van der Waals surface area (Å²) in [5, 5.41) is 8.27. The first-order valence-corrected chi connectivity index (χ1v) is 11.5. The Kier molecular flexibility index (Phi) is 5.80. The van der Waals surface area contributed by atoms with E-state index in [2.05, 4.69) is 45.3 Å². The Morgan fingerprint density at radius 2 is 1.70 bits per heavy atom. The maximum absolute atomic E-state index is 13.1. The molecule has 0 unspecified atom stereocenters. The number of amides is 1. The van der Waals surface area contributed by atoms with E-state index in [0.717, 1.165) is 21.3 Å². The minimum atomic E-state index is -0.154. The second kappa shape index (κ2) is 9.04. The Morgan fingerprint density at radius 3 is 2.55 bits per heavy atom. The number of carbonyl (C=O) groups excluding carboxylic acids is 1. The monoisotopic (exact) mass is 496 g/mol. The summed E-state index contributed by atoms with van der Waals surface area (Å²) in [6.07, 6.45) is 1.85. The lowest BCUT2D eigenvalue weighted by Crippen LogP contribution is -2.21. The van der Waals surface area contributed by atoms with Crippen molar-refractivity contribution in [3.63, 3.8) is 0 Å². The van der Waals surface area contributed by atoms with Gasteiger partial charge in [-0.05, 0) is 59.7 Å². The predicted octanol–water partition coefficient (Wildman–Crippen LogP) is 6.99. The van der Waals surface area contributed by atoms with Crippen LogP contribution in [-0.4, -0.2) is 11.6 Å². The first-order chi connectivity index (χ1) is 16.1. The van der Waals surface area contributed by atoms with Gasteiger partial charge in [0, 0.05) is 10.0 Å². The summed E-state index contributed by atoms with van der Waals surface area (Å²) in [6, 6.07) is 29.7. The number of hydrazone groups is 1. The SMILES string of the molecule is CC1=NN(c2ccccc2)C(=O)/C1=C\c1cc(Br)ccc1OCc1cccc2ccccc12. The highest BCUT2D eigenvalue weighted by Crippen LogP contribution is 2.30. The highest BCUT2D eigenvalue weighted by Gasteiger charge is 2.28. The minimum absolute atomic E-state index is 0.154. The lowest BCUT2D eigenvalue weighted by molar-refractivity contribution is -0.114. The van der Waals surface area contributed by atoms with E-state index in [4.69, 9.17) is 4.74 Å². The molecule has 5 heteroatoms. The quantitative estimate of drug-likeness (QED) is 0.279. The third kappa shape index (κ3) is 4.32. The van der Waals surface area contributed by atoms with Gasteiger partial charge in [-0.2, -0.15) is 10.1 Å². The average molecular weight is 497 g/mol. The molecule has 1 aliphatic rings. The first kappa shape index (κ1) is 21.2. The number of benzene rings is 4. The molecule has 33 heavy (non-hydrogen) atoms. The smallest absolute Gasteiger partial charge is 0.280 e. The number of fused-ring (bicyclic) bond motifs is 1. The molecule has 5 rings (SSSR count). The van der Waals surface area contributed by atoms with Crippen LogP contribution < -0.4 is 9.75 Å². The number of rotatable bonds is 5. The van der Waals surface area contributed by atoms with Crippen molar-refractivity contribution in [2.45, 2.75) is 13.5 Å². The number of hydrogen-bond acceptors (Lipinski definition) is 3. The average Bonchev–Trinajstić information content (AvgIpc) is 3.12. The van der Waals surface area contributed by atoms with Gasteiger partial charge in [-0.1, -0.05) is 76.6 Å². The van der Waals surface area contributed by atoms with E-state index < -0.39 is 0 Å². The van der Waals surface area contributed by atoms with Crippen LogP contribution in [0.3, 0.4) is 0 Å². The van der Waals surface area contributed by atoms with Crippen molar-refractivity contribution in [1.82, 2.24) is 0 Å². The van der Waals surface area contributed by atoms with Gasteiger partial charge in [-0.3, -0.25) is 4.79 Å². The molecule has 0 aromatic heterocycles. The maximum atomic E-state index is 13.1. The fourth-order valence-corrected chi connectivity index (χ4v) is 4.30. The number of nitrogens with zero attached hydrogens (tertiary/aromatic N) is 2. The maximum Gasteiger partial charge on any atom is 0.280 e. The molecule has 1 heterocycles. The topological polar surface area (TPSA) is 41.9 Å². The Morgan fingerprint density at radius 1 is 0.939 bits per heavy atom. The van der Waals surface area contributed by atoms with Crippen molar-refractivity contribution in [2.75, 3.05) is 5.01 Å². The molecular weight excluding hydrogens is 476 g/mol. The highest BCUT2D eigenvalue weighted by atomic mass is 79.9. The molecule has 0 spiro atoms. The molecule has 0 saturated carbocycles. The van der Waals surface area contributed by atoms with E-state index in [-0.39, 0.29) is 5.91 Å². The lowest BCUT2D eigenvalue weighted by Gasteiger charge is -2.13. The van der Waals surface area contributed by atoms with Gasteiger partial charge < -0.3 is 4.74 Å². The van der Waals surface area contributed by atoms with Gasteiger partial charge in [0.15, 0.2) is 0 Å². The number of ether oxygens (including phenoxy) is 1. The summed E-state index contributed by atoms with van der Waals surface area (Å²) in [6.45, 7) is 2.28. The van der Waals surface area contributed by atoms with Gasteiger partial charge in [0.25, 0.3) is 5.91 Å². The zero-order valence-electron chi connectivity index (χ0n) is 18.0. The third-order valence-corrected chi connectivity index (χ3v) is 6.09. The Bertz CT molecular complexity index is 1400. The number of carbonyl (C=O) groups is 1. The largest absolute Gasteiger partial charge is 0.488 e. The summed E-state index contributed by atoms with van der Waals surface area (Å²) in [7, 11) is 0. The summed E-state index contributed by atoms with van der Waals surface area (Å²) >= 11 is 3.54. The van der Waals surface area contributed by atoms with Gasteiger partial charge in [0.05, 0.1) is 17.0 Å². The van der Waals surface area contributed by atoms with Gasteiger partial charge in [-0.25, -0.2) is 0 Å². The molecule has 0 aliphatic carbocycles. The van der Waals surface area contributed by atoms with Crippen LogP contribution in [0.4, 0.5) is 5.69 Å². The molecule has 4 aromatic carbocycles. The Hall–Kier alpha value is -3.70. The predicted molar refractivity (Wildman–Crippen MR) is 137 cm³/mol. The van der Waals surface area contributed by atoms with E-state index in [9.17, 15) is 4.79 Å². The molecule has 4 aromatic rings. The normalized spacial score (nSPS) is 14.7. The molecule has 0 saturated heterocycles. The van der Waals surface area contributed by atoms with E-state index >= 15 is 0 Å². The van der Waals surface area contributed by atoms with Crippen LogP contribution >= 0.6 is 15.9 Å². The van der Waals surface area contributed by atoms with Crippen molar-refractivity contribution in [1.29, 1.82) is 0 Å².